The van der Waals surface area contributed by atoms with Crippen LogP contribution in [0.4, 0.5) is 0 Å². The smallest absolute Gasteiger partial charge is 0.0408 e. The van der Waals surface area contributed by atoms with E-state index in [1.54, 1.807) is 0 Å². The van der Waals surface area contributed by atoms with Crippen molar-refractivity contribution in [2.75, 3.05) is 5.33 Å². The van der Waals surface area contributed by atoms with Crippen molar-refractivity contribution in [1.29, 1.82) is 0 Å². The van der Waals surface area contributed by atoms with Gasteiger partial charge in [0.1, 0.15) is 0 Å². The van der Waals surface area contributed by atoms with Crippen LogP contribution in [0.5, 0.6) is 0 Å². The zero-order valence-corrected chi connectivity index (χ0v) is 14.3. The van der Waals surface area contributed by atoms with Crippen LogP contribution in [0, 0.1) is 13.8 Å². The lowest BCUT2D eigenvalue weighted by molar-refractivity contribution is 0.704. The maximum atomic E-state index is 6.16. The second-order valence-electron chi connectivity index (χ2n) is 5.28. The van der Waals surface area contributed by atoms with E-state index >= 15 is 0 Å². The van der Waals surface area contributed by atoms with E-state index in [1.807, 2.05) is 12.1 Å². The largest absolute Gasteiger partial charge is 0.0928 e. The highest BCUT2D eigenvalue weighted by molar-refractivity contribution is 9.09. The Kier molecular flexibility index (Phi) is 5.68. The second kappa shape index (κ2) is 7.28. The Morgan fingerprint density at radius 2 is 1.75 bits per heavy atom. The van der Waals surface area contributed by atoms with Crippen LogP contribution < -0.4 is 0 Å². The number of aryl methyl sites for hydroxylation is 2. The number of halogens is 2. The molecular weight excluding hydrogens is 332 g/mol. The van der Waals surface area contributed by atoms with Crippen molar-refractivity contribution in [1.82, 2.24) is 0 Å². The van der Waals surface area contributed by atoms with Crippen molar-refractivity contribution >= 4 is 27.5 Å². The van der Waals surface area contributed by atoms with E-state index < -0.39 is 0 Å². The Balaban J connectivity index is 2.38. The van der Waals surface area contributed by atoms with E-state index in [2.05, 4.69) is 60.1 Å². The van der Waals surface area contributed by atoms with Gasteiger partial charge in [0.05, 0.1) is 0 Å². The molecule has 2 aromatic rings. The minimum atomic E-state index is 0.422. The molecule has 2 rings (SSSR count). The molecule has 0 saturated carbocycles. The summed E-state index contributed by atoms with van der Waals surface area (Å²) in [6.45, 7) is 4.34. The van der Waals surface area contributed by atoms with Gasteiger partial charge in [0.2, 0.25) is 0 Å². The first-order valence-electron chi connectivity index (χ1n) is 7.00. The van der Waals surface area contributed by atoms with Crippen LogP contribution in [0.1, 0.15) is 41.0 Å². The van der Waals surface area contributed by atoms with Crippen LogP contribution in [0.15, 0.2) is 42.5 Å². The number of hydrogen-bond acceptors (Lipinski definition) is 0. The SMILES string of the molecule is Cc1ccc([C@H](CCCBr)c2cccc(Cl)c2)cc1C. The van der Waals surface area contributed by atoms with Crippen LogP contribution >= 0.6 is 27.5 Å². The minimum absolute atomic E-state index is 0.422. The molecule has 0 N–H and O–H groups in total. The van der Waals surface area contributed by atoms with E-state index in [-0.39, 0.29) is 0 Å². The van der Waals surface area contributed by atoms with E-state index in [1.165, 1.54) is 22.3 Å². The summed E-state index contributed by atoms with van der Waals surface area (Å²) in [5.74, 6) is 0.422. The van der Waals surface area contributed by atoms with Gasteiger partial charge in [-0.2, -0.15) is 0 Å². The Labute approximate surface area is 135 Å². The molecule has 106 valence electrons. The molecule has 20 heavy (non-hydrogen) atoms. The maximum Gasteiger partial charge on any atom is 0.0408 e. The molecule has 2 heteroatoms. The number of rotatable bonds is 5. The molecule has 0 aliphatic heterocycles. The van der Waals surface area contributed by atoms with Crippen molar-refractivity contribution < 1.29 is 0 Å². The fourth-order valence-corrected chi connectivity index (χ4v) is 3.03. The molecule has 0 amide bonds. The standard InChI is InChI=1S/C18H20BrCl/c1-13-8-9-16(11-14(13)2)18(7-4-10-19)15-5-3-6-17(20)12-15/h3,5-6,8-9,11-12,18H,4,7,10H2,1-2H3/t18-/m1/s1. The van der Waals surface area contributed by atoms with Gasteiger partial charge in [0, 0.05) is 16.3 Å². The lowest BCUT2D eigenvalue weighted by Gasteiger charge is -2.19. The minimum Gasteiger partial charge on any atom is -0.0928 e. The number of hydrogen-bond donors (Lipinski definition) is 0. The van der Waals surface area contributed by atoms with Gasteiger partial charge < -0.3 is 0 Å². The quantitative estimate of drug-likeness (QED) is 0.557. The lowest BCUT2D eigenvalue weighted by atomic mass is 9.86. The molecule has 0 nitrogen and oxygen atoms in total. The first-order chi connectivity index (χ1) is 9.61. The van der Waals surface area contributed by atoms with Crippen LogP contribution in [0.3, 0.4) is 0 Å². The summed E-state index contributed by atoms with van der Waals surface area (Å²) in [6, 6.07) is 15.0. The summed E-state index contributed by atoms with van der Waals surface area (Å²) in [5.41, 5.74) is 5.39. The molecule has 0 bridgehead atoms. The third kappa shape index (κ3) is 3.86. The fraction of sp³-hybridized carbons (Fsp3) is 0.333. The highest BCUT2D eigenvalue weighted by Crippen LogP contribution is 2.32. The van der Waals surface area contributed by atoms with Crippen molar-refractivity contribution in [3.05, 3.63) is 69.7 Å². The predicted octanol–water partition coefficient (Wildman–Crippen LogP) is 6.26. The third-order valence-corrected chi connectivity index (χ3v) is 4.61. The van der Waals surface area contributed by atoms with Crippen molar-refractivity contribution in [2.24, 2.45) is 0 Å². The molecular formula is C18H20BrCl. The van der Waals surface area contributed by atoms with Gasteiger partial charge in [-0.1, -0.05) is 57.9 Å². The molecule has 0 aromatic heterocycles. The van der Waals surface area contributed by atoms with E-state index in [9.17, 15) is 0 Å². The molecule has 2 aromatic carbocycles. The van der Waals surface area contributed by atoms with Crippen LogP contribution in [-0.4, -0.2) is 5.33 Å². The maximum absolute atomic E-state index is 6.16. The molecule has 1 atom stereocenters. The van der Waals surface area contributed by atoms with Gasteiger partial charge in [-0.15, -0.1) is 0 Å². The molecule has 0 spiro atoms. The number of alkyl halides is 1. The van der Waals surface area contributed by atoms with Crippen molar-refractivity contribution in [3.63, 3.8) is 0 Å². The first kappa shape index (κ1) is 15.6. The second-order valence-corrected chi connectivity index (χ2v) is 6.51. The molecule has 0 saturated heterocycles. The molecule has 0 unspecified atom stereocenters. The summed E-state index contributed by atoms with van der Waals surface area (Å²) >= 11 is 9.70. The van der Waals surface area contributed by atoms with Gasteiger partial charge in [0.25, 0.3) is 0 Å². The topological polar surface area (TPSA) is 0 Å². The Morgan fingerprint density at radius 3 is 2.40 bits per heavy atom. The lowest BCUT2D eigenvalue weighted by Crippen LogP contribution is -2.03. The monoisotopic (exact) mass is 350 g/mol. The summed E-state index contributed by atoms with van der Waals surface area (Å²) < 4.78 is 0. The van der Waals surface area contributed by atoms with Crippen LogP contribution in [0.25, 0.3) is 0 Å². The Bertz CT molecular complexity index is 577. The van der Waals surface area contributed by atoms with Crippen LogP contribution in [0.2, 0.25) is 5.02 Å². The van der Waals surface area contributed by atoms with Gasteiger partial charge in [0.15, 0.2) is 0 Å². The molecule has 0 fully saturated rings. The molecule has 0 heterocycles. The van der Waals surface area contributed by atoms with Gasteiger partial charge >= 0.3 is 0 Å². The zero-order valence-electron chi connectivity index (χ0n) is 12.0. The Hall–Kier alpha value is -0.790. The predicted molar refractivity (Wildman–Crippen MR) is 92.2 cm³/mol. The normalized spacial score (nSPS) is 12.4. The summed E-state index contributed by atoms with van der Waals surface area (Å²) in [7, 11) is 0. The third-order valence-electron chi connectivity index (χ3n) is 3.81. The van der Waals surface area contributed by atoms with E-state index in [0.717, 1.165) is 23.2 Å². The average molecular weight is 352 g/mol. The van der Waals surface area contributed by atoms with Gasteiger partial charge in [-0.25, -0.2) is 0 Å². The van der Waals surface area contributed by atoms with Crippen molar-refractivity contribution in [2.45, 2.75) is 32.6 Å². The molecule has 0 aliphatic rings. The van der Waals surface area contributed by atoms with Gasteiger partial charge in [-0.3, -0.25) is 0 Å². The number of benzene rings is 2. The summed E-state index contributed by atoms with van der Waals surface area (Å²) in [6.07, 6.45) is 2.29. The highest BCUT2D eigenvalue weighted by Gasteiger charge is 2.14. The van der Waals surface area contributed by atoms with Gasteiger partial charge in [-0.05, 0) is 61.1 Å². The van der Waals surface area contributed by atoms with Crippen LogP contribution in [-0.2, 0) is 0 Å². The highest BCUT2D eigenvalue weighted by atomic mass is 79.9. The fourth-order valence-electron chi connectivity index (χ4n) is 2.51. The zero-order chi connectivity index (χ0) is 14.5. The Morgan fingerprint density at radius 1 is 1.00 bits per heavy atom. The van der Waals surface area contributed by atoms with E-state index in [0.29, 0.717) is 5.92 Å². The average Bonchev–Trinajstić information content (AvgIpc) is 2.43. The summed E-state index contributed by atoms with van der Waals surface area (Å²) in [5, 5.41) is 1.85. The summed E-state index contributed by atoms with van der Waals surface area (Å²) in [4.78, 5) is 0. The molecule has 0 radical (unpaired) electrons. The van der Waals surface area contributed by atoms with E-state index in [4.69, 9.17) is 11.6 Å². The molecule has 0 aliphatic carbocycles. The van der Waals surface area contributed by atoms with Crippen molar-refractivity contribution in [3.8, 4) is 0 Å². The first-order valence-corrected chi connectivity index (χ1v) is 8.50.